The van der Waals surface area contributed by atoms with Gasteiger partial charge in [-0.3, -0.25) is 0 Å². The molecule has 0 saturated carbocycles. The Labute approximate surface area is 247 Å². The number of rotatable bonds is 4. The van der Waals surface area contributed by atoms with Crippen LogP contribution >= 0.6 is 0 Å². The number of nitrogens with zero attached hydrogens (tertiary/aromatic N) is 1. The van der Waals surface area contributed by atoms with Crippen molar-refractivity contribution in [3.63, 3.8) is 0 Å². The van der Waals surface area contributed by atoms with Crippen molar-refractivity contribution in [2.75, 3.05) is 4.90 Å². The Kier molecular flexibility index (Phi) is 5.20. The third-order valence-electron chi connectivity index (χ3n) is 8.44. The summed E-state index contributed by atoms with van der Waals surface area (Å²) in [6, 6.07) is 53.2. The van der Waals surface area contributed by atoms with Crippen LogP contribution in [-0.4, -0.2) is 0 Å². The van der Waals surface area contributed by atoms with Crippen LogP contribution < -0.4 is 4.90 Å². The van der Waals surface area contributed by atoms with Crippen LogP contribution in [0.4, 0.5) is 17.1 Å². The molecule has 0 aliphatic rings. The van der Waals surface area contributed by atoms with Crippen LogP contribution in [0.15, 0.2) is 160 Å². The first kappa shape index (κ1) is 23.9. The highest BCUT2D eigenvalue weighted by atomic mass is 16.3. The molecule has 0 bridgehead atoms. The van der Waals surface area contributed by atoms with E-state index in [1.807, 2.05) is 24.3 Å². The van der Waals surface area contributed by atoms with Gasteiger partial charge in [-0.15, -0.1) is 0 Å². The number of hydrogen-bond donors (Lipinski definition) is 0. The van der Waals surface area contributed by atoms with Gasteiger partial charge in [0, 0.05) is 27.5 Å². The van der Waals surface area contributed by atoms with Crippen molar-refractivity contribution in [3.8, 4) is 11.1 Å². The van der Waals surface area contributed by atoms with Gasteiger partial charge in [0.15, 0.2) is 0 Å². The molecule has 0 N–H and O–H groups in total. The van der Waals surface area contributed by atoms with Crippen LogP contribution in [0.25, 0.3) is 65.8 Å². The molecule has 0 aliphatic heterocycles. The van der Waals surface area contributed by atoms with E-state index in [-0.39, 0.29) is 0 Å². The van der Waals surface area contributed by atoms with E-state index in [9.17, 15) is 0 Å². The van der Waals surface area contributed by atoms with Crippen molar-refractivity contribution in [2.24, 2.45) is 0 Å². The van der Waals surface area contributed by atoms with E-state index >= 15 is 0 Å². The second kappa shape index (κ2) is 9.37. The van der Waals surface area contributed by atoms with Gasteiger partial charge in [0.1, 0.15) is 22.3 Å². The fourth-order valence-electron chi connectivity index (χ4n) is 6.51. The molecule has 3 nitrogen and oxygen atoms in total. The standard InChI is InChI=1S/C40H25NO2/c1-2-14-30-26(10-1)11-8-17-31(30)27-12-7-13-28(24-27)41(29-22-23-38-34(25-29)32-15-3-5-19-36(32)42-38)35-18-9-21-39-40(35)33-16-4-6-20-37(33)43-39/h1-25H. The molecule has 202 valence electrons. The van der Waals surface area contributed by atoms with Crippen LogP contribution in [0, 0.1) is 0 Å². The molecule has 3 heteroatoms. The van der Waals surface area contributed by atoms with Crippen molar-refractivity contribution in [1.29, 1.82) is 0 Å². The number of hydrogen-bond acceptors (Lipinski definition) is 3. The topological polar surface area (TPSA) is 29.5 Å². The van der Waals surface area contributed by atoms with Crippen molar-refractivity contribution in [3.05, 3.63) is 152 Å². The highest BCUT2D eigenvalue weighted by Crippen LogP contribution is 2.45. The molecule has 0 spiro atoms. The smallest absolute Gasteiger partial charge is 0.137 e. The fraction of sp³-hybridized carbons (Fsp3) is 0. The first-order valence-electron chi connectivity index (χ1n) is 14.5. The summed E-state index contributed by atoms with van der Waals surface area (Å²) >= 11 is 0. The second-order valence-corrected chi connectivity index (χ2v) is 10.9. The summed E-state index contributed by atoms with van der Waals surface area (Å²) in [4.78, 5) is 2.35. The molecule has 0 radical (unpaired) electrons. The molecule has 0 saturated heterocycles. The Morgan fingerprint density at radius 2 is 1.02 bits per heavy atom. The van der Waals surface area contributed by atoms with E-state index in [1.165, 1.54) is 21.9 Å². The molecule has 0 amide bonds. The summed E-state index contributed by atoms with van der Waals surface area (Å²) in [5.74, 6) is 0. The van der Waals surface area contributed by atoms with Crippen LogP contribution in [0.3, 0.4) is 0 Å². The molecule has 9 rings (SSSR count). The third-order valence-corrected chi connectivity index (χ3v) is 8.44. The molecular formula is C40H25NO2. The largest absolute Gasteiger partial charge is 0.456 e. The van der Waals surface area contributed by atoms with E-state index in [1.54, 1.807) is 0 Å². The number of furan rings is 2. The van der Waals surface area contributed by atoms with Crippen molar-refractivity contribution < 1.29 is 8.83 Å². The first-order chi connectivity index (χ1) is 21.3. The lowest BCUT2D eigenvalue weighted by Crippen LogP contribution is -2.10. The lowest BCUT2D eigenvalue weighted by Gasteiger charge is -2.27. The Balaban J connectivity index is 1.33. The van der Waals surface area contributed by atoms with Crippen molar-refractivity contribution in [2.45, 2.75) is 0 Å². The lowest BCUT2D eigenvalue weighted by molar-refractivity contribution is 0.668. The highest BCUT2D eigenvalue weighted by Gasteiger charge is 2.21. The minimum absolute atomic E-state index is 0.865. The van der Waals surface area contributed by atoms with E-state index in [2.05, 4.69) is 132 Å². The summed E-state index contributed by atoms with van der Waals surface area (Å²) in [6.07, 6.45) is 0. The molecule has 0 unspecified atom stereocenters. The van der Waals surface area contributed by atoms with Crippen molar-refractivity contribution in [1.82, 2.24) is 0 Å². The molecule has 2 heterocycles. The van der Waals surface area contributed by atoms with Crippen LogP contribution in [-0.2, 0) is 0 Å². The maximum absolute atomic E-state index is 6.33. The zero-order chi connectivity index (χ0) is 28.3. The van der Waals surface area contributed by atoms with Gasteiger partial charge in [-0.2, -0.15) is 0 Å². The minimum atomic E-state index is 0.865. The predicted octanol–water partition coefficient (Wildman–Crippen LogP) is 11.8. The zero-order valence-corrected chi connectivity index (χ0v) is 23.2. The molecular weight excluding hydrogens is 526 g/mol. The zero-order valence-electron chi connectivity index (χ0n) is 23.2. The Hall–Kier alpha value is -5.80. The van der Waals surface area contributed by atoms with Gasteiger partial charge in [0.05, 0.1) is 11.1 Å². The fourth-order valence-corrected chi connectivity index (χ4v) is 6.51. The summed E-state index contributed by atoms with van der Waals surface area (Å²) in [6.45, 7) is 0. The lowest BCUT2D eigenvalue weighted by atomic mass is 9.97. The van der Waals surface area contributed by atoms with E-state index in [0.29, 0.717) is 0 Å². The monoisotopic (exact) mass is 551 g/mol. The highest BCUT2D eigenvalue weighted by molar-refractivity contribution is 6.14. The molecule has 0 aliphatic carbocycles. The van der Waals surface area contributed by atoms with Gasteiger partial charge < -0.3 is 13.7 Å². The summed E-state index contributed by atoms with van der Waals surface area (Å²) in [5, 5.41) is 6.85. The molecule has 7 aromatic carbocycles. The number of benzene rings is 7. The number of anilines is 3. The Morgan fingerprint density at radius 3 is 1.93 bits per heavy atom. The summed E-state index contributed by atoms with van der Waals surface area (Å²) < 4.78 is 12.5. The van der Waals surface area contributed by atoms with Crippen molar-refractivity contribution >= 4 is 71.7 Å². The normalized spacial score (nSPS) is 11.7. The van der Waals surface area contributed by atoms with Gasteiger partial charge in [0.2, 0.25) is 0 Å². The average Bonchev–Trinajstić information content (AvgIpc) is 3.63. The summed E-state index contributed by atoms with van der Waals surface area (Å²) in [7, 11) is 0. The molecule has 2 aromatic heterocycles. The Morgan fingerprint density at radius 1 is 0.395 bits per heavy atom. The number of fused-ring (bicyclic) bond motifs is 7. The van der Waals surface area contributed by atoms with Gasteiger partial charge in [-0.1, -0.05) is 97.1 Å². The third kappa shape index (κ3) is 3.75. The van der Waals surface area contributed by atoms with Gasteiger partial charge in [0.25, 0.3) is 0 Å². The van der Waals surface area contributed by atoms with E-state index in [4.69, 9.17) is 8.83 Å². The van der Waals surface area contributed by atoms with Crippen LogP contribution in [0.1, 0.15) is 0 Å². The predicted molar refractivity (Wildman–Crippen MR) is 179 cm³/mol. The van der Waals surface area contributed by atoms with Crippen LogP contribution in [0.5, 0.6) is 0 Å². The molecule has 0 fully saturated rings. The van der Waals surface area contributed by atoms with E-state index < -0.39 is 0 Å². The quantitative estimate of drug-likeness (QED) is 0.218. The average molecular weight is 552 g/mol. The van der Waals surface area contributed by atoms with E-state index in [0.717, 1.165) is 60.9 Å². The Bertz CT molecular complexity index is 2480. The van der Waals surface area contributed by atoms with Gasteiger partial charge in [-0.25, -0.2) is 0 Å². The van der Waals surface area contributed by atoms with Crippen LogP contribution in [0.2, 0.25) is 0 Å². The maximum Gasteiger partial charge on any atom is 0.137 e. The van der Waals surface area contributed by atoms with Gasteiger partial charge >= 0.3 is 0 Å². The first-order valence-corrected chi connectivity index (χ1v) is 14.5. The van der Waals surface area contributed by atoms with Gasteiger partial charge in [-0.05, 0) is 76.5 Å². The molecule has 43 heavy (non-hydrogen) atoms. The molecule has 0 atom stereocenters. The number of para-hydroxylation sites is 2. The summed E-state index contributed by atoms with van der Waals surface area (Å²) in [5.41, 5.74) is 9.06. The minimum Gasteiger partial charge on any atom is -0.456 e. The maximum atomic E-state index is 6.33. The molecule has 9 aromatic rings. The second-order valence-electron chi connectivity index (χ2n) is 10.9. The SMILES string of the molecule is c1cc(-c2cccc3ccccc23)cc(N(c2ccc3oc4ccccc4c3c2)c2cccc3oc4ccccc4c23)c1.